The first-order chi connectivity index (χ1) is 2.27. The zero-order valence-corrected chi connectivity index (χ0v) is 2.99. The van der Waals surface area contributed by atoms with Crippen LogP contribution in [-0.2, 0) is 4.74 Å². The maximum atomic E-state index is 6.30. The van der Waals surface area contributed by atoms with Crippen LogP contribution in [0.4, 0.5) is 0 Å². The summed E-state index contributed by atoms with van der Waals surface area (Å²) in [5.74, 6) is 0. The van der Waals surface area contributed by atoms with Crippen LogP contribution in [0, 0.1) is 5.41 Å². The van der Waals surface area contributed by atoms with Crippen molar-refractivity contribution < 1.29 is 4.74 Å². The van der Waals surface area contributed by atoms with Gasteiger partial charge in [0.15, 0.2) is 0 Å². The van der Waals surface area contributed by atoms with Crippen LogP contribution in [-0.4, -0.2) is 13.1 Å². The molecule has 0 aromatic rings. The highest BCUT2D eigenvalue weighted by atomic mass is 16.5. The molecule has 0 unspecified atom stereocenters. The molecule has 3 heteroatoms. The molecule has 0 aliphatic heterocycles. The molecule has 0 radical (unpaired) electrons. The predicted molar refractivity (Wildman–Crippen MR) is 25.7 cm³/mol. The van der Waals surface area contributed by atoms with Crippen molar-refractivity contribution in [3.63, 3.8) is 0 Å². The molecule has 3 nitrogen and oxygen atoms in total. The van der Waals surface area contributed by atoms with Crippen LogP contribution in [0.25, 0.3) is 0 Å². The van der Waals surface area contributed by atoms with Gasteiger partial charge in [-0.25, -0.2) is 0 Å². The summed E-state index contributed by atoms with van der Waals surface area (Å²) in [6.45, 7) is 0. The second-order valence-electron chi connectivity index (χ2n) is 0.568. The lowest BCUT2D eigenvalue weighted by Gasteiger charge is -1.85. The van der Waals surface area contributed by atoms with Crippen molar-refractivity contribution in [2.45, 2.75) is 7.43 Å². The van der Waals surface area contributed by atoms with Gasteiger partial charge in [0.1, 0.15) is 0 Å². The van der Waals surface area contributed by atoms with Crippen molar-refractivity contribution in [1.82, 2.24) is 0 Å². The van der Waals surface area contributed by atoms with Gasteiger partial charge in [-0.2, -0.15) is 0 Å². The van der Waals surface area contributed by atoms with E-state index in [1.165, 1.54) is 7.11 Å². The number of nitrogens with two attached hydrogens (primary N) is 1. The van der Waals surface area contributed by atoms with E-state index >= 15 is 0 Å². The third-order valence-electron chi connectivity index (χ3n) is 0.220. The van der Waals surface area contributed by atoms with Gasteiger partial charge in [-0.05, 0) is 0 Å². The lowest BCUT2D eigenvalue weighted by atomic mass is 11.2. The Bertz CT molecular complexity index is 44.1. The SMILES string of the molecule is C.COC(=N)N. The Morgan fingerprint density at radius 3 is 2.00 bits per heavy atom. The minimum Gasteiger partial charge on any atom is -0.469 e. The fourth-order valence-corrected chi connectivity index (χ4v) is 0. The molecule has 0 fully saturated rings. The second kappa shape index (κ2) is 4.27. The van der Waals surface area contributed by atoms with Gasteiger partial charge in [-0.3, -0.25) is 5.41 Å². The number of hydrogen-bond acceptors (Lipinski definition) is 2. The van der Waals surface area contributed by atoms with Crippen LogP contribution in [0.1, 0.15) is 7.43 Å². The first-order valence-corrected chi connectivity index (χ1v) is 1.15. The predicted octanol–water partition coefficient (Wildman–Crippen LogP) is 0.162. The molecule has 0 saturated carbocycles. The van der Waals surface area contributed by atoms with Gasteiger partial charge in [0.2, 0.25) is 0 Å². The molecule has 0 heterocycles. The van der Waals surface area contributed by atoms with E-state index in [4.69, 9.17) is 5.41 Å². The molecule has 3 N–H and O–H groups in total. The Morgan fingerprint density at radius 2 is 2.00 bits per heavy atom. The fraction of sp³-hybridized carbons (Fsp3) is 0.667. The molecule has 0 rings (SSSR count). The summed E-state index contributed by atoms with van der Waals surface area (Å²) in [7, 11) is 1.35. The van der Waals surface area contributed by atoms with Gasteiger partial charge in [-0.15, -0.1) is 0 Å². The summed E-state index contributed by atoms with van der Waals surface area (Å²) < 4.78 is 4.11. The van der Waals surface area contributed by atoms with Crippen LogP contribution >= 0.6 is 0 Å². The number of hydrogen-bond donors (Lipinski definition) is 2. The second-order valence-corrected chi connectivity index (χ2v) is 0.568. The van der Waals surface area contributed by atoms with Crippen molar-refractivity contribution in [2.75, 3.05) is 7.11 Å². The lowest BCUT2D eigenvalue weighted by molar-refractivity contribution is 0.393. The zero-order valence-electron chi connectivity index (χ0n) is 2.99. The zero-order chi connectivity index (χ0) is 4.28. The number of ether oxygens (including phenoxy) is 1. The highest BCUT2D eigenvalue weighted by Crippen LogP contribution is 1.50. The normalized spacial score (nSPS) is 5.50. The summed E-state index contributed by atoms with van der Waals surface area (Å²) in [5.41, 5.74) is 4.65. The molecule has 0 atom stereocenters. The van der Waals surface area contributed by atoms with Gasteiger partial charge in [0.25, 0.3) is 6.02 Å². The molecule has 0 aliphatic rings. The molecular formula is C3H10N2O. The summed E-state index contributed by atoms with van der Waals surface area (Å²) in [4.78, 5) is 0. The first kappa shape index (κ1) is 8.99. The van der Waals surface area contributed by atoms with E-state index in [2.05, 4.69) is 10.5 Å². The number of amidine groups is 1. The number of rotatable bonds is 0. The van der Waals surface area contributed by atoms with E-state index in [1.54, 1.807) is 0 Å². The maximum Gasteiger partial charge on any atom is 0.278 e. The molecule has 0 spiro atoms. The molecule has 0 aliphatic carbocycles. The highest BCUT2D eigenvalue weighted by Gasteiger charge is 1.68. The Morgan fingerprint density at radius 1 is 1.83 bits per heavy atom. The van der Waals surface area contributed by atoms with Gasteiger partial charge in [0, 0.05) is 0 Å². The summed E-state index contributed by atoms with van der Waals surface area (Å²) in [6, 6.07) is -0.245. The van der Waals surface area contributed by atoms with E-state index in [0.29, 0.717) is 0 Å². The standard InChI is InChI=1S/C2H6N2O.CH4/c1-5-2(3)4;/h1H3,(H3,3,4);1H4. The van der Waals surface area contributed by atoms with Gasteiger partial charge in [-0.1, -0.05) is 7.43 Å². The van der Waals surface area contributed by atoms with Crippen molar-refractivity contribution in [1.29, 1.82) is 5.41 Å². The van der Waals surface area contributed by atoms with Crippen molar-refractivity contribution in [3.8, 4) is 0 Å². The summed E-state index contributed by atoms with van der Waals surface area (Å²) in [5, 5.41) is 6.30. The Balaban J connectivity index is 0. The lowest BCUT2D eigenvalue weighted by Crippen LogP contribution is -2.10. The molecule has 0 aromatic heterocycles. The van der Waals surface area contributed by atoms with Gasteiger partial charge in [0.05, 0.1) is 7.11 Å². The molecular weight excluding hydrogens is 80.0 g/mol. The highest BCUT2D eigenvalue weighted by molar-refractivity contribution is 5.67. The topological polar surface area (TPSA) is 59.1 Å². The summed E-state index contributed by atoms with van der Waals surface area (Å²) in [6.07, 6.45) is 0. The fourth-order valence-electron chi connectivity index (χ4n) is 0. The van der Waals surface area contributed by atoms with E-state index in [0.717, 1.165) is 0 Å². The first-order valence-electron chi connectivity index (χ1n) is 1.15. The van der Waals surface area contributed by atoms with Crippen molar-refractivity contribution in [3.05, 3.63) is 0 Å². The van der Waals surface area contributed by atoms with Crippen molar-refractivity contribution in [2.24, 2.45) is 5.73 Å². The number of nitrogens with one attached hydrogen (secondary N) is 1. The quantitative estimate of drug-likeness (QED) is 0.329. The van der Waals surface area contributed by atoms with Crippen LogP contribution in [0.3, 0.4) is 0 Å². The van der Waals surface area contributed by atoms with E-state index in [9.17, 15) is 0 Å². The smallest absolute Gasteiger partial charge is 0.278 e. The van der Waals surface area contributed by atoms with E-state index < -0.39 is 0 Å². The molecule has 38 valence electrons. The van der Waals surface area contributed by atoms with Crippen LogP contribution < -0.4 is 5.73 Å². The molecule has 0 saturated heterocycles. The average molecular weight is 90.1 g/mol. The molecule has 0 bridgehead atoms. The largest absolute Gasteiger partial charge is 0.469 e. The van der Waals surface area contributed by atoms with Crippen molar-refractivity contribution >= 4 is 6.02 Å². The van der Waals surface area contributed by atoms with Gasteiger partial charge >= 0.3 is 0 Å². The summed E-state index contributed by atoms with van der Waals surface area (Å²) >= 11 is 0. The van der Waals surface area contributed by atoms with Crippen LogP contribution in [0.5, 0.6) is 0 Å². The minimum absolute atomic E-state index is 0. The third kappa shape index (κ3) is 10.4. The Hall–Kier alpha value is -0.730. The minimum atomic E-state index is -0.245. The maximum absolute atomic E-state index is 6.30. The average Bonchev–Trinajstić information content (AvgIpc) is 1.38. The molecule has 6 heavy (non-hydrogen) atoms. The molecule has 0 amide bonds. The monoisotopic (exact) mass is 90.1 g/mol. The van der Waals surface area contributed by atoms with Crippen LogP contribution in [0.15, 0.2) is 0 Å². The van der Waals surface area contributed by atoms with Gasteiger partial charge < -0.3 is 10.5 Å². The Labute approximate surface area is 37.6 Å². The van der Waals surface area contributed by atoms with Crippen LogP contribution in [0.2, 0.25) is 0 Å². The number of methoxy groups -OCH3 is 1. The van der Waals surface area contributed by atoms with E-state index in [1.807, 2.05) is 0 Å². The molecule has 0 aromatic carbocycles. The third-order valence-corrected chi connectivity index (χ3v) is 0.220. The Kier molecular flexibility index (Phi) is 6.40. The van der Waals surface area contributed by atoms with E-state index in [-0.39, 0.29) is 13.4 Å².